The maximum atomic E-state index is 12.0. The molecule has 0 atom stereocenters. The normalized spacial score (nSPS) is 14.7. The lowest BCUT2D eigenvalue weighted by molar-refractivity contribution is 0.122. The minimum atomic E-state index is -3.29. The van der Waals surface area contributed by atoms with E-state index in [0.29, 0.717) is 12.1 Å². The fourth-order valence-electron chi connectivity index (χ4n) is 3.97. The molecule has 0 spiro atoms. The summed E-state index contributed by atoms with van der Waals surface area (Å²) in [5.41, 5.74) is 4.69. The Morgan fingerprint density at radius 1 is 1.00 bits per heavy atom. The predicted octanol–water partition coefficient (Wildman–Crippen LogP) is 3.23. The first kappa shape index (κ1) is 20.7. The minimum absolute atomic E-state index is 0.289. The van der Waals surface area contributed by atoms with Crippen LogP contribution in [0.2, 0.25) is 0 Å². The third-order valence-corrected chi connectivity index (χ3v) is 6.76. The average Bonchev–Trinajstić information content (AvgIpc) is 3.22. The fraction of sp³-hybridized carbons (Fsp3) is 0.250. The van der Waals surface area contributed by atoms with Gasteiger partial charge in [-0.25, -0.2) is 17.9 Å². The van der Waals surface area contributed by atoms with Gasteiger partial charge >= 0.3 is 0 Å². The Balaban J connectivity index is 1.42. The van der Waals surface area contributed by atoms with Crippen LogP contribution in [-0.4, -0.2) is 55.6 Å². The van der Waals surface area contributed by atoms with Gasteiger partial charge in [0, 0.05) is 43.2 Å². The molecule has 5 rings (SSSR count). The van der Waals surface area contributed by atoms with E-state index in [-0.39, 0.29) is 4.90 Å². The van der Waals surface area contributed by atoms with Gasteiger partial charge in [-0.05, 0) is 47.5 Å². The average molecular weight is 449 g/mol. The van der Waals surface area contributed by atoms with Crippen molar-refractivity contribution in [1.82, 2.24) is 14.6 Å². The van der Waals surface area contributed by atoms with Crippen LogP contribution in [0.15, 0.2) is 71.8 Å². The number of ether oxygens (including phenoxy) is 1. The molecule has 0 unspecified atom stereocenters. The van der Waals surface area contributed by atoms with Crippen LogP contribution >= 0.6 is 0 Å². The topological polar surface area (TPSA) is 76.8 Å². The number of fused-ring (bicyclic) bond motifs is 1. The zero-order valence-electron chi connectivity index (χ0n) is 17.8. The molecule has 1 fully saturated rings. The van der Waals surface area contributed by atoms with Gasteiger partial charge < -0.3 is 9.64 Å². The minimum Gasteiger partial charge on any atom is -0.378 e. The van der Waals surface area contributed by atoms with E-state index < -0.39 is 9.84 Å². The molecule has 0 saturated carbocycles. The number of aromatic nitrogens is 3. The van der Waals surface area contributed by atoms with Crippen LogP contribution in [0, 0.1) is 0 Å². The van der Waals surface area contributed by atoms with Gasteiger partial charge in [0.2, 0.25) is 0 Å². The molecule has 1 aliphatic rings. The summed E-state index contributed by atoms with van der Waals surface area (Å²) < 4.78 is 31.1. The van der Waals surface area contributed by atoms with Gasteiger partial charge in [0.15, 0.2) is 21.3 Å². The van der Waals surface area contributed by atoms with Gasteiger partial charge in [-0.3, -0.25) is 0 Å². The van der Waals surface area contributed by atoms with E-state index in [1.54, 1.807) is 22.7 Å². The van der Waals surface area contributed by atoms with Crippen molar-refractivity contribution in [2.24, 2.45) is 0 Å². The third kappa shape index (κ3) is 4.24. The van der Waals surface area contributed by atoms with E-state index in [1.807, 2.05) is 24.4 Å². The van der Waals surface area contributed by atoms with Crippen LogP contribution in [0.1, 0.15) is 11.4 Å². The first-order chi connectivity index (χ1) is 15.5. The molecule has 4 aromatic rings. The second-order valence-corrected chi connectivity index (χ2v) is 9.98. The summed E-state index contributed by atoms with van der Waals surface area (Å²) in [5.74, 6) is 0.718. The number of benzene rings is 2. The molecule has 0 bridgehead atoms. The quantitative estimate of drug-likeness (QED) is 0.467. The molecule has 32 heavy (non-hydrogen) atoms. The molecule has 7 nitrogen and oxygen atoms in total. The lowest BCUT2D eigenvalue weighted by Gasteiger charge is -2.28. The Labute approximate surface area is 187 Å². The molecule has 2 aromatic heterocycles. The van der Waals surface area contributed by atoms with Crippen LogP contribution in [0.25, 0.3) is 16.8 Å². The summed E-state index contributed by atoms with van der Waals surface area (Å²) >= 11 is 0. The molecule has 0 N–H and O–H groups in total. The summed E-state index contributed by atoms with van der Waals surface area (Å²) in [6.07, 6.45) is 3.69. The van der Waals surface area contributed by atoms with Crippen molar-refractivity contribution in [2.45, 2.75) is 11.3 Å². The van der Waals surface area contributed by atoms with Gasteiger partial charge in [-0.1, -0.05) is 24.3 Å². The fourth-order valence-corrected chi connectivity index (χ4v) is 4.64. The van der Waals surface area contributed by atoms with Crippen molar-refractivity contribution >= 4 is 21.2 Å². The maximum absolute atomic E-state index is 12.0. The molecule has 8 heteroatoms. The van der Waals surface area contributed by atoms with Crippen LogP contribution < -0.4 is 4.90 Å². The number of hydrogen-bond donors (Lipinski definition) is 0. The Kier molecular flexibility index (Phi) is 5.40. The summed E-state index contributed by atoms with van der Waals surface area (Å²) in [6.45, 7) is 3.36. The van der Waals surface area contributed by atoms with Gasteiger partial charge in [0.25, 0.3) is 0 Å². The highest BCUT2D eigenvalue weighted by Gasteiger charge is 2.14. The zero-order chi connectivity index (χ0) is 22.1. The number of sulfone groups is 1. The highest BCUT2D eigenvalue weighted by atomic mass is 32.2. The molecule has 0 radical (unpaired) electrons. The standard InChI is InChI=1S/C24H24N4O3S/c1-32(29,30)21-5-2-4-19(17-21)22-6-3-11-28-24(22)25-23(26-28)16-18-7-9-20(10-8-18)27-12-14-31-15-13-27/h2-11,17H,12-16H2,1H3. The Bertz CT molecular complexity index is 1360. The Hall–Kier alpha value is -3.23. The Morgan fingerprint density at radius 2 is 1.78 bits per heavy atom. The van der Waals surface area contributed by atoms with E-state index in [4.69, 9.17) is 9.72 Å². The summed E-state index contributed by atoms with van der Waals surface area (Å²) in [6, 6.07) is 19.3. The number of anilines is 1. The summed E-state index contributed by atoms with van der Waals surface area (Å²) in [4.78, 5) is 7.38. The van der Waals surface area contributed by atoms with E-state index in [0.717, 1.165) is 48.8 Å². The molecule has 0 aliphatic carbocycles. The first-order valence-corrected chi connectivity index (χ1v) is 12.4. The number of nitrogens with zero attached hydrogens (tertiary/aromatic N) is 4. The smallest absolute Gasteiger partial charge is 0.175 e. The monoisotopic (exact) mass is 448 g/mol. The Morgan fingerprint density at radius 3 is 2.53 bits per heavy atom. The third-order valence-electron chi connectivity index (χ3n) is 5.65. The highest BCUT2D eigenvalue weighted by Crippen LogP contribution is 2.26. The number of hydrogen-bond acceptors (Lipinski definition) is 6. The molecular formula is C24H24N4O3S. The molecule has 2 aromatic carbocycles. The van der Waals surface area contributed by atoms with Crippen LogP contribution in [0.3, 0.4) is 0 Å². The summed E-state index contributed by atoms with van der Waals surface area (Å²) in [7, 11) is -3.29. The maximum Gasteiger partial charge on any atom is 0.175 e. The molecule has 164 valence electrons. The van der Waals surface area contributed by atoms with Crippen molar-refractivity contribution in [3.63, 3.8) is 0 Å². The van der Waals surface area contributed by atoms with Crippen LogP contribution in [-0.2, 0) is 21.0 Å². The van der Waals surface area contributed by atoms with E-state index in [9.17, 15) is 8.42 Å². The largest absolute Gasteiger partial charge is 0.378 e. The van der Waals surface area contributed by atoms with E-state index in [1.165, 1.54) is 11.9 Å². The SMILES string of the molecule is CS(=O)(=O)c1cccc(-c2cccn3nc(Cc4ccc(N5CCOCC5)cc4)nc23)c1. The van der Waals surface area contributed by atoms with Gasteiger partial charge in [-0.15, -0.1) is 0 Å². The molecule has 1 aliphatic heterocycles. The lowest BCUT2D eigenvalue weighted by atomic mass is 10.1. The number of morpholine rings is 1. The van der Waals surface area contributed by atoms with Crippen LogP contribution in [0.5, 0.6) is 0 Å². The van der Waals surface area contributed by atoms with E-state index in [2.05, 4.69) is 34.3 Å². The van der Waals surface area contributed by atoms with Crippen LogP contribution in [0.4, 0.5) is 5.69 Å². The van der Waals surface area contributed by atoms with Crippen molar-refractivity contribution in [2.75, 3.05) is 37.5 Å². The van der Waals surface area contributed by atoms with Crippen molar-refractivity contribution < 1.29 is 13.2 Å². The molecule has 1 saturated heterocycles. The van der Waals surface area contributed by atoms with E-state index >= 15 is 0 Å². The number of rotatable bonds is 5. The van der Waals surface area contributed by atoms with Gasteiger partial charge in [-0.2, -0.15) is 5.10 Å². The first-order valence-electron chi connectivity index (χ1n) is 10.5. The zero-order valence-corrected chi connectivity index (χ0v) is 18.6. The molecule has 3 heterocycles. The van der Waals surface area contributed by atoms with Gasteiger partial charge in [0.05, 0.1) is 18.1 Å². The molecular weight excluding hydrogens is 424 g/mol. The van der Waals surface area contributed by atoms with Crippen molar-refractivity contribution in [1.29, 1.82) is 0 Å². The van der Waals surface area contributed by atoms with Crippen molar-refractivity contribution in [3.05, 3.63) is 78.2 Å². The highest BCUT2D eigenvalue weighted by molar-refractivity contribution is 7.90. The number of pyridine rings is 1. The predicted molar refractivity (Wildman–Crippen MR) is 124 cm³/mol. The lowest BCUT2D eigenvalue weighted by Crippen LogP contribution is -2.36. The summed E-state index contributed by atoms with van der Waals surface area (Å²) in [5, 5.41) is 4.64. The molecule has 0 amide bonds. The second kappa shape index (κ2) is 8.37. The second-order valence-electron chi connectivity index (χ2n) is 7.96. The van der Waals surface area contributed by atoms with Gasteiger partial charge in [0.1, 0.15) is 0 Å². The van der Waals surface area contributed by atoms with Crippen molar-refractivity contribution in [3.8, 4) is 11.1 Å².